The van der Waals surface area contributed by atoms with E-state index in [0.29, 0.717) is 18.7 Å². The predicted molar refractivity (Wildman–Crippen MR) is 104 cm³/mol. The lowest BCUT2D eigenvalue weighted by Crippen LogP contribution is -2.26. The maximum Gasteiger partial charge on any atom is 0.243 e. The molecule has 0 spiro atoms. The molecule has 1 N–H and O–H groups in total. The topological polar surface area (TPSA) is 66.5 Å². The van der Waals surface area contributed by atoms with Gasteiger partial charge in [-0.15, -0.1) is 0 Å². The molecule has 26 heavy (non-hydrogen) atoms. The summed E-state index contributed by atoms with van der Waals surface area (Å²) in [4.78, 5) is 12.2. The van der Waals surface area contributed by atoms with Crippen LogP contribution in [0.25, 0.3) is 0 Å². The Morgan fingerprint density at radius 2 is 1.58 bits per heavy atom. The summed E-state index contributed by atoms with van der Waals surface area (Å²) in [5.41, 5.74) is 1.40. The number of amides is 1. The quantitative estimate of drug-likeness (QED) is 0.834. The van der Waals surface area contributed by atoms with E-state index in [0.717, 1.165) is 5.56 Å². The lowest BCUT2D eigenvalue weighted by Gasteiger charge is -2.18. The van der Waals surface area contributed by atoms with Crippen molar-refractivity contribution < 1.29 is 13.2 Å². The van der Waals surface area contributed by atoms with Gasteiger partial charge in [-0.05, 0) is 35.2 Å². The highest BCUT2D eigenvalue weighted by atomic mass is 32.2. The zero-order chi connectivity index (χ0) is 19.4. The minimum atomic E-state index is -3.59. The molecule has 2 aromatic carbocycles. The van der Waals surface area contributed by atoms with E-state index in [2.05, 4.69) is 5.32 Å². The lowest BCUT2D eigenvalue weighted by molar-refractivity contribution is -0.117. The van der Waals surface area contributed by atoms with Gasteiger partial charge in [-0.2, -0.15) is 4.31 Å². The first-order valence-corrected chi connectivity index (χ1v) is 9.92. The van der Waals surface area contributed by atoms with Crippen LogP contribution >= 0.6 is 0 Å². The van der Waals surface area contributed by atoms with Crippen molar-refractivity contribution >= 4 is 21.6 Å². The monoisotopic (exact) mass is 374 g/mol. The van der Waals surface area contributed by atoms with Crippen LogP contribution in [-0.4, -0.2) is 25.7 Å². The maximum atomic E-state index is 12.7. The third-order valence-electron chi connectivity index (χ3n) is 3.79. The van der Waals surface area contributed by atoms with Crippen LogP contribution in [0.1, 0.15) is 32.8 Å². The van der Waals surface area contributed by atoms with Crippen LogP contribution in [0, 0.1) is 5.41 Å². The molecule has 0 radical (unpaired) electrons. The highest BCUT2D eigenvalue weighted by Gasteiger charge is 2.21. The smallest absolute Gasteiger partial charge is 0.243 e. The first-order chi connectivity index (χ1) is 12.1. The van der Waals surface area contributed by atoms with Gasteiger partial charge in [0.25, 0.3) is 0 Å². The Morgan fingerprint density at radius 1 is 1.00 bits per heavy atom. The van der Waals surface area contributed by atoms with Gasteiger partial charge in [0.05, 0.1) is 4.90 Å². The number of sulfonamides is 1. The van der Waals surface area contributed by atoms with E-state index in [1.54, 1.807) is 19.2 Å². The molecule has 6 heteroatoms. The van der Waals surface area contributed by atoms with Gasteiger partial charge in [-0.3, -0.25) is 4.79 Å². The number of rotatable bonds is 6. The van der Waals surface area contributed by atoms with E-state index in [-0.39, 0.29) is 16.2 Å². The second-order valence-corrected chi connectivity index (χ2v) is 9.60. The number of nitrogens with zero attached hydrogens (tertiary/aromatic N) is 1. The van der Waals surface area contributed by atoms with Crippen LogP contribution in [0.2, 0.25) is 0 Å². The van der Waals surface area contributed by atoms with E-state index in [1.165, 1.54) is 16.4 Å². The highest BCUT2D eigenvalue weighted by molar-refractivity contribution is 7.89. The van der Waals surface area contributed by atoms with Gasteiger partial charge < -0.3 is 5.32 Å². The minimum Gasteiger partial charge on any atom is -0.326 e. The summed E-state index contributed by atoms with van der Waals surface area (Å²) < 4.78 is 26.7. The van der Waals surface area contributed by atoms with Gasteiger partial charge in [0.15, 0.2) is 0 Å². The third kappa shape index (κ3) is 5.68. The molecule has 5 nitrogen and oxygen atoms in total. The van der Waals surface area contributed by atoms with Gasteiger partial charge in [-0.25, -0.2) is 8.42 Å². The van der Waals surface area contributed by atoms with Crippen LogP contribution in [0.3, 0.4) is 0 Å². The number of nitrogens with one attached hydrogen (secondary N) is 1. The number of hydrogen-bond acceptors (Lipinski definition) is 3. The van der Waals surface area contributed by atoms with E-state index in [9.17, 15) is 13.2 Å². The second kappa shape index (κ2) is 8.01. The number of benzene rings is 2. The van der Waals surface area contributed by atoms with Gasteiger partial charge in [0.2, 0.25) is 15.9 Å². The standard InChI is InChI=1S/C20H26N2O3S/c1-20(2,3)14-19(23)21-17-10-12-18(13-11-17)26(24,25)22(4)15-16-8-6-5-7-9-16/h5-13H,14-15H2,1-4H3,(H,21,23). The molecule has 1 amide bonds. The van der Waals surface area contributed by atoms with Gasteiger partial charge in [0.1, 0.15) is 0 Å². The van der Waals surface area contributed by atoms with Crippen molar-refractivity contribution in [2.75, 3.05) is 12.4 Å². The number of anilines is 1. The normalized spacial score (nSPS) is 12.2. The number of hydrogen-bond donors (Lipinski definition) is 1. The van der Waals surface area contributed by atoms with Crippen LogP contribution in [0.5, 0.6) is 0 Å². The summed E-state index contributed by atoms with van der Waals surface area (Å²) in [5, 5.41) is 2.80. The van der Waals surface area contributed by atoms with Crippen LogP contribution in [0.4, 0.5) is 5.69 Å². The zero-order valence-corrected chi connectivity index (χ0v) is 16.5. The summed E-state index contributed by atoms with van der Waals surface area (Å²) in [7, 11) is -2.03. The molecule has 0 fully saturated rings. The van der Waals surface area contributed by atoms with E-state index in [4.69, 9.17) is 0 Å². The Labute approximate surface area is 156 Å². The Balaban J connectivity index is 2.07. The molecule has 0 saturated carbocycles. The first kappa shape index (κ1) is 20.1. The predicted octanol–water partition coefficient (Wildman–Crippen LogP) is 3.88. The van der Waals surface area contributed by atoms with Crippen molar-refractivity contribution in [2.24, 2.45) is 5.41 Å². The molecule has 0 aliphatic carbocycles. The van der Waals surface area contributed by atoms with Crippen molar-refractivity contribution in [2.45, 2.75) is 38.6 Å². The maximum absolute atomic E-state index is 12.7. The zero-order valence-electron chi connectivity index (χ0n) is 15.7. The van der Waals surface area contributed by atoms with Crippen molar-refractivity contribution in [1.82, 2.24) is 4.31 Å². The molecule has 2 rings (SSSR count). The summed E-state index contributed by atoms with van der Waals surface area (Å²) in [6.45, 7) is 6.27. The molecule has 0 heterocycles. The van der Waals surface area contributed by atoms with Crippen LogP contribution in [-0.2, 0) is 21.4 Å². The third-order valence-corrected chi connectivity index (χ3v) is 5.60. The van der Waals surface area contributed by atoms with Gasteiger partial charge >= 0.3 is 0 Å². The van der Waals surface area contributed by atoms with Crippen LogP contribution < -0.4 is 5.32 Å². The minimum absolute atomic E-state index is 0.0886. The molecule has 0 aromatic heterocycles. The van der Waals surface area contributed by atoms with Crippen LogP contribution in [0.15, 0.2) is 59.5 Å². The summed E-state index contributed by atoms with van der Waals surface area (Å²) in [6, 6.07) is 15.7. The van der Waals surface area contributed by atoms with Gasteiger partial charge in [0, 0.05) is 25.7 Å². The Kier molecular flexibility index (Phi) is 6.21. The van der Waals surface area contributed by atoms with Crippen molar-refractivity contribution in [3.8, 4) is 0 Å². The van der Waals surface area contributed by atoms with Crippen molar-refractivity contribution in [1.29, 1.82) is 0 Å². The van der Waals surface area contributed by atoms with Crippen molar-refractivity contribution in [3.63, 3.8) is 0 Å². The average Bonchev–Trinajstić information content (AvgIpc) is 2.54. The first-order valence-electron chi connectivity index (χ1n) is 8.48. The molecule has 0 aliphatic rings. The Bertz CT molecular complexity index is 839. The summed E-state index contributed by atoms with van der Waals surface area (Å²) in [5.74, 6) is -0.0886. The molecule has 140 valence electrons. The molecule has 0 bridgehead atoms. The summed E-state index contributed by atoms with van der Waals surface area (Å²) >= 11 is 0. The molecular weight excluding hydrogens is 348 g/mol. The van der Waals surface area contributed by atoms with E-state index < -0.39 is 10.0 Å². The Morgan fingerprint density at radius 3 is 2.12 bits per heavy atom. The number of carbonyl (C=O) groups excluding carboxylic acids is 1. The Hall–Kier alpha value is -2.18. The molecular formula is C20H26N2O3S. The van der Waals surface area contributed by atoms with Gasteiger partial charge in [-0.1, -0.05) is 51.1 Å². The molecule has 0 aliphatic heterocycles. The van der Waals surface area contributed by atoms with Crippen molar-refractivity contribution in [3.05, 3.63) is 60.2 Å². The fraction of sp³-hybridized carbons (Fsp3) is 0.350. The molecule has 0 unspecified atom stereocenters. The molecule has 0 atom stereocenters. The lowest BCUT2D eigenvalue weighted by atomic mass is 9.92. The molecule has 2 aromatic rings. The highest BCUT2D eigenvalue weighted by Crippen LogP contribution is 2.22. The SMILES string of the molecule is CN(Cc1ccccc1)S(=O)(=O)c1ccc(NC(=O)CC(C)(C)C)cc1. The summed E-state index contributed by atoms with van der Waals surface area (Å²) in [6.07, 6.45) is 0.396. The average molecular weight is 375 g/mol. The second-order valence-electron chi connectivity index (χ2n) is 7.56. The largest absolute Gasteiger partial charge is 0.326 e. The van der Waals surface area contributed by atoms with E-state index in [1.807, 2.05) is 51.1 Å². The number of carbonyl (C=O) groups is 1. The van der Waals surface area contributed by atoms with E-state index >= 15 is 0 Å². The molecule has 0 saturated heterocycles. The fourth-order valence-corrected chi connectivity index (χ4v) is 3.66. The fourth-order valence-electron chi connectivity index (χ4n) is 2.50.